The summed E-state index contributed by atoms with van der Waals surface area (Å²) in [5, 5.41) is 14.8. The van der Waals surface area contributed by atoms with E-state index in [2.05, 4.69) is 12.2 Å². The third kappa shape index (κ3) is 3.66. The standard InChI is InChI=1S/C20H20ClN3O3/c1-3-4-11-23-18-8-6-5-7-15(18)13(2)19(23)20(25)22-17-10-9-14(24(26)27)12-16(17)21/h5-10,12H,3-4,11H2,1-2H3,(H,22,25). The van der Waals surface area contributed by atoms with E-state index in [0.29, 0.717) is 11.4 Å². The first-order chi connectivity index (χ1) is 12.9. The number of halogens is 1. The number of carbonyl (C=O) groups excluding carboxylic acids is 1. The van der Waals surface area contributed by atoms with Gasteiger partial charge in [-0.1, -0.05) is 43.1 Å². The van der Waals surface area contributed by atoms with Crippen molar-refractivity contribution in [2.75, 3.05) is 5.32 Å². The molecule has 1 heterocycles. The minimum Gasteiger partial charge on any atom is -0.336 e. The maximum Gasteiger partial charge on any atom is 0.272 e. The number of hydrogen-bond acceptors (Lipinski definition) is 3. The number of aromatic nitrogens is 1. The molecule has 0 saturated heterocycles. The lowest BCUT2D eigenvalue weighted by atomic mass is 10.1. The molecular formula is C20H20ClN3O3. The van der Waals surface area contributed by atoms with Crippen molar-refractivity contribution in [1.29, 1.82) is 0 Å². The summed E-state index contributed by atoms with van der Waals surface area (Å²) < 4.78 is 2.03. The van der Waals surface area contributed by atoms with Gasteiger partial charge in [-0.05, 0) is 31.0 Å². The van der Waals surface area contributed by atoms with Gasteiger partial charge in [-0.15, -0.1) is 0 Å². The van der Waals surface area contributed by atoms with E-state index in [4.69, 9.17) is 11.6 Å². The van der Waals surface area contributed by atoms with Gasteiger partial charge < -0.3 is 9.88 Å². The number of nitrogens with zero attached hydrogens (tertiary/aromatic N) is 2. The number of fused-ring (bicyclic) bond motifs is 1. The number of aryl methyl sites for hydroxylation is 2. The topological polar surface area (TPSA) is 77.2 Å². The fraction of sp³-hybridized carbons (Fsp3) is 0.250. The molecule has 0 aliphatic heterocycles. The summed E-state index contributed by atoms with van der Waals surface area (Å²) in [6.45, 7) is 4.77. The van der Waals surface area contributed by atoms with Gasteiger partial charge in [0.15, 0.2) is 0 Å². The first-order valence-corrected chi connectivity index (χ1v) is 9.15. The number of nitro groups is 1. The number of benzene rings is 2. The second-order valence-corrected chi connectivity index (χ2v) is 6.78. The molecular weight excluding hydrogens is 366 g/mol. The van der Waals surface area contributed by atoms with Gasteiger partial charge in [0, 0.05) is 29.6 Å². The smallest absolute Gasteiger partial charge is 0.272 e. The van der Waals surface area contributed by atoms with Crippen molar-refractivity contribution < 1.29 is 9.72 Å². The van der Waals surface area contributed by atoms with Crippen molar-refractivity contribution in [3.8, 4) is 0 Å². The molecule has 2 aromatic carbocycles. The molecule has 0 spiro atoms. The Labute approximate surface area is 161 Å². The minimum absolute atomic E-state index is 0.119. The molecule has 1 amide bonds. The molecule has 27 heavy (non-hydrogen) atoms. The van der Waals surface area contributed by atoms with E-state index in [0.717, 1.165) is 35.9 Å². The maximum absolute atomic E-state index is 13.0. The monoisotopic (exact) mass is 385 g/mol. The Kier molecular flexibility index (Phi) is 5.46. The average Bonchev–Trinajstić information content (AvgIpc) is 2.93. The summed E-state index contributed by atoms with van der Waals surface area (Å²) >= 11 is 6.12. The van der Waals surface area contributed by atoms with Gasteiger partial charge in [-0.3, -0.25) is 14.9 Å². The van der Waals surface area contributed by atoms with Crippen LogP contribution in [0.4, 0.5) is 11.4 Å². The highest BCUT2D eigenvalue weighted by atomic mass is 35.5. The highest BCUT2D eigenvalue weighted by Crippen LogP contribution is 2.30. The van der Waals surface area contributed by atoms with Crippen LogP contribution in [-0.2, 0) is 6.54 Å². The lowest BCUT2D eigenvalue weighted by Gasteiger charge is -2.12. The van der Waals surface area contributed by atoms with Crippen LogP contribution in [0.15, 0.2) is 42.5 Å². The number of carbonyl (C=O) groups is 1. The van der Waals surface area contributed by atoms with Crippen LogP contribution in [0.5, 0.6) is 0 Å². The Morgan fingerprint density at radius 1 is 1.26 bits per heavy atom. The number of unbranched alkanes of at least 4 members (excludes halogenated alkanes) is 1. The van der Waals surface area contributed by atoms with Crippen molar-refractivity contribution in [3.05, 3.63) is 68.9 Å². The molecule has 6 nitrogen and oxygen atoms in total. The van der Waals surface area contributed by atoms with Crippen molar-refractivity contribution >= 4 is 39.8 Å². The lowest BCUT2D eigenvalue weighted by Crippen LogP contribution is -2.18. The van der Waals surface area contributed by atoms with Crippen LogP contribution in [0.2, 0.25) is 5.02 Å². The third-order valence-electron chi connectivity index (χ3n) is 4.59. The average molecular weight is 386 g/mol. The lowest BCUT2D eigenvalue weighted by molar-refractivity contribution is -0.384. The van der Waals surface area contributed by atoms with Gasteiger partial charge in [0.1, 0.15) is 5.69 Å². The molecule has 3 rings (SSSR count). The Bertz CT molecular complexity index is 1030. The van der Waals surface area contributed by atoms with Crippen LogP contribution < -0.4 is 5.32 Å². The number of amides is 1. The second kappa shape index (κ2) is 7.80. The zero-order valence-electron chi connectivity index (χ0n) is 15.2. The summed E-state index contributed by atoms with van der Waals surface area (Å²) in [7, 11) is 0. The van der Waals surface area contributed by atoms with E-state index in [-0.39, 0.29) is 16.6 Å². The first-order valence-electron chi connectivity index (χ1n) is 8.77. The molecule has 0 bridgehead atoms. The number of nitro benzene ring substituents is 1. The van der Waals surface area contributed by atoms with Crippen molar-refractivity contribution in [1.82, 2.24) is 4.57 Å². The van der Waals surface area contributed by atoms with Crippen LogP contribution in [0.3, 0.4) is 0 Å². The molecule has 0 aliphatic carbocycles. The first kappa shape index (κ1) is 18.9. The summed E-state index contributed by atoms with van der Waals surface area (Å²) in [4.78, 5) is 23.4. The zero-order valence-corrected chi connectivity index (χ0v) is 15.9. The van der Waals surface area contributed by atoms with Crippen LogP contribution in [-0.4, -0.2) is 15.4 Å². The molecule has 0 atom stereocenters. The van der Waals surface area contributed by atoms with E-state index >= 15 is 0 Å². The summed E-state index contributed by atoms with van der Waals surface area (Å²) in [5.74, 6) is -0.282. The molecule has 0 aliphatic rings. The normalized spacial score (nSPS) is 10.9. The molecule has 1 aromatic heterocycles. The predicted octanol–water partition coefficient (Wildman–Crippen LogP) is 5.56. The molecule has 140 valence electrons. The van der Waals surface area contributed by atoms with E-state index in [9.17, 15) is 14.9 Å². The number of rotatable bonds is 6. The Morgan fingerprint density at radius 2 is 2.00 bits per heavy atom. The largest absolute Gasteiger partial charge is 0.336 e. The fourth-order valence-electron chi connectivity index (χ4n) is 3.22. The zero-order chi connectivity index (χ0) is 19.6. The second-order valence-electron chi connectivity index (χ2n) is 6.37. The number of non-ortho nitro benzene ring substituents is 1. The quantitative estimate of drug-likeness (QED) is 0.445. The highest BCUT2D eigenvalue weighted by Gasteiger charge is 2.21. The fourth-order valence-corrected chi connectivity index (χ4v) is 3.44. The van der Waals surface area contributed by atoms with Gasteiger partial charge in [-0.2, -0.15) is 0 Å². The summed E-state index contributed by atoms with van der Waals surface area (Å²) in [6.07, 6.45) is 1.97. The number of nitrogens with one attached hydrogen (secondary N) is 1. The van der Waals surface area contributed by atoms with Gasteiger partial charge in [0.2, 0.25) is 0 Å². The Balaban J connectivity index is 2.00. The van der Waals surface area contributed by atoms with E-state index < -0.39 is 4.92 Å². The molecule has 0 radical (unpaired) electrons. The number of anilines is 1. The van der Waals surface area contributed by atoms with Crippen molar-refractivity contribution in [3.63, 3.8) is 0 Å². The van der Waals surface area contributed by atoms with Crippen LogP contribution in [0, 0.1) is 17.0 Å². The van der Waals surface area contributed by atoms with E-state index in [1.165, 1.54) is 18.2 Å². The van der Waals surface area contributed by atoms with Gasteiger partial charge in [-0.25, -0.2) is 0 Å². The van der Waals surface area contributed by atoms with Gasteiger partial charge >= 0.3 is 0 Å². The van der Waals surface area contributed by atoms with Crippen molar-refractivity contribution in [2.45, 2.75) is 33.2 Å². The molecule has 1 N–H and O–H groups in total. The maximum atomic E-state index is 13.0. The number of para-hydroxylation sites is 1. The van der Waals surface area contributed by atoms with Crippen LogP contribution in [0.1, 0.15) is 35.8 Å². The molecule has 7 heteroatoms. The molecule has 0 fully saturated rings. The Morgan fingerprint density at radius 3 is 2.67 bits per heavy atom. The van der Waals surface area contributed by atoms with Crippen molar-refractivity contribution in [2.24, 2.45) is 0 Å². The Hall–Kier alpha value is -2.86. The molecule has 0 unspecified atom stereocenters. The van der Waals surface area contributed by atoms with E-state index in [1.54, 1.807) is 0 Å². The van der Waals surface area contributed by atoms with E-state index in [1.807, 2.05) is 35.8 Å². The highest BCUT2D eigenvalue weighted by molar-refractivity contribution is 6.34. The molecule has 0 saturated carbocycles. The van der Waals surface area contributed by atoms with Crippen LogP contribution >= 0.6 is 11.6 Å². The van der Waals surface area contributed by atoms with Gasteiger partial charge in [0.25, 0.3) is 11.6 Å². The summed E-state index contributed by atoms with van der Waals surface area (Å²) in [5.41, 5.74) is 2.73. The SMILES string of the molecule is CCCCn1c(C(=O)Nc2ccc([N+](=O)[O-])cc2Cl)c(C)c2ccccc21. The van der Waals surface area contributed by atoms with Gasteiger partial charge in [0.05, 0.1) is 15.6 Å². The number of hydrogen-bond donors (Lipinski definition) is 1. The molecule has 3 aromatic rings. The van der Waals surface area contributed by atoms with Crippen LogP contribution in [0.25, 0.3) is 10.9 Å². The third-order valence-corrected chi connectivity index (χ3v) is 4.90. The minimum atomic E-state index is -0.524. The summed E-state index contributed by atoms with van der Waals surface area (Å²) in [6, 6.07) is 11.9. The predicted molar refractivity (Wildman–Crippen MR) is 108 cm³/mol.